The maximum Gasteiger partial charge on any atom is 0.389 e. The maximum atomic E-state index is 5.70. The lowest BCUT2D eigenvalue weighted by atomic mass is 9.98. The molecule has 0 aliphatic rings. The molecule has 0 spiro atoms. The molecule has 0 fully saturated rings. The van der Waals surface area contributed by atoms with Gasteiger partial charge in [0.15, 0.2) is 0 Å². The molecular weight excluding hydrogens is 228 g/mol. The molecule has 0 aromatic heterocycles. The van der Waals surface area contributed by atoms with Gasteiger partial charge in [0.25, 0.3) is 0 Å². The average molecular weight is 251 g/mol. The van der Waals surface area contributed by atoms with E-state index in [1.807, 2.05) is 13.8 Å². The van der Waals surface area contributed by atoms with Gasteiger partial charge < -0.3 is 8.85 Å². The first-order valence-electron chi connectivity index (χ1n) is 6.38. The molecule has 0 N–H and O–H groups in total. The highest BCUT2D eigenvalue weighted by atomic mass is 28.3. The quantitative estimate of drug-likeness (QED) is 0.691. The monoisotopic (exact) mass is 251 g/mol. The second-order valence-corrected chi connectivity index (χ2v) is 5.94. The van der Waals surface area contributed by atoms with Gasteiger partial charge in [-0.05, 0) is 30.9 Å². The summed E-state index contributed by atoms with van der Waals surface area (Å²) in [6, 6.07) is 9.53. The van der Waals surface area contributed by atoms with Gasteiger partial charge in [-0.2, -0.15) is 0 Å². The van der Waals surface area contributed by atoms with E-state index < -0.39 is 9.28 Å². The van der Waals surface area contributed by atoms with E-state index in [0.29, 0.717) is 5.92 Å². The fourth-order valence-corrected chi connectivity index (χ4v) is 3.44. The van der Waals surface area contributed by atoms with Gasteiger partial charge in [-0.1, -0.05) is 38.1 Å². The van der Waals surface area contributed by atoms with Crippen LogP contribution in [-0.2, 0) is 14.9 Å². The minimum absolute atomic E-state index is 0.553. The van der Waals surface area contributed by atoms with Gasteiger partial charge in [-0.25, -0.2) is 0 Å². The van der Waals surface area contributed by atoms with Crippen molar-refractivity contribution in [1.29, 1.82) is 0 Å². The summed E-state index contributed by atoms with van der Waals surface area (Å²) in [5.41, 5.74) is 2.78. The van der Waals surface area contributed by atoms with Crippen LogP contribution in [0, 0.1) is 0 Å². The van der Waals surface area contributed by atoms with Gasteiger partial charge >= 0.3 is 9.28 Å². The van der Waals surface area contributed by atoms with Crippen LogP contribution in [0.5, 0.6) is 0 Å². The molecule has 0 atom stereocenters. The summed E-state index contributed by atoms with van der Waals surface area (Å²) in [5, 5.41) is 0. The minimum atomic E-state index is -1.15. The van der Waals surface area contributed by atoms with Crippen molar-refractivity contribution in [2.24, 2.45) is 0 Å². The Morgan fingerprint density at radius 3 is 2.18 bits per heavy atom. The zero-order chi connectivity index (χ0) is 12.7. The summed E-state index contributed by atoms with van der Waals surface area (Å²) in [5.74, 6) is 0.553. The highest BCUT2D eigenvalue weighted by Gasteiger charge is 2.18. The normalized spacial score (nSPS) is 11.4. The Bertz CT molecular complexity index is 320. The summed E-state index contributed by atoms with van der Waals surface area (Å²) in [7, 11) is -1.15. The fourth-order valence-electron chi connectivity index (χ4n) is 1.88. The van der Waals surface area contributed by atoms with Gasteiger partial charge in [0.05, 0.1) is 0 Å². The molecule has 0 bridgehead atoms. The summed E-state index contributed by atoms with van der Waals surface area (Å²) in [6.07, 6.45) is 0. The van der Waals surface area contributed by atoms with Crippen molar-refractivity contribution in [2.75, 3.05) is 13.2 Å². The first kappa shape index (κ1) is 14.4. The van der Waals surface area contributed by atoms with E-state index in [4.69, 9.17) is 8.85 Å². The average Bonchev–Trinajstić information content (AvgIpc) is 2.30. The lowest BCUT2D eigenvalue weighted by Crippen LogP contribution is -2.26. The van der Waals surface area contributed by atoms with Crippen LogP contribution in [0.2, 0.25) is 0 Å². The summed E-state index contributed by atoms with van der Waals surface area (Å²) in [4.78, 5) is 0. The molecule has 1 aromatic carbocycles. The summed E-state index contributed by atoms with van der Waals surface area (Å²) >= 11 is 0. The van der Waals surface area contributed by atoms with E-state index in [0.717, 1.165) is 19.3 Å². The predicted molar refractivity (Wildman–Crippen MR) is 73.2 cm³/mol. The Balaban J connectivity index is 2.77. The Kier molecular flexibility index (Phi) is 6.48. The predicted octanol–water partition coefficient (Wildman–Crippen LogP) is 3.45. The number of hydrogen-bond acceptors (Lipinski definition) is 2. The van der Waals surface area contributed by atoms with Gasteiger partial charge in [-0.3, -0.25) is 0 Å². The minimum Gasteiger partial charge on any atom is -0.393 e. The summed E-state index contributed by atoms with van der Waals surface area (Å²) < 4.78 is 11.4. The Hall–Kier alpha value is -0.643. The lowest BCUT2D eigenvalue weighted by Gasteiger charge is -2.17. The maximum absolute atomic E-state index is 5.70. The largest absolute Gasteiger partial charge is 0.393 e. The second kappa shape index (κ2) is 7.64. The third-order valence-corrected chi connectivity index (χ3v) is 4.51. The Morgan fingerprint density at radius 2 is 1.65 bits per heavy atom. The number of hydrogen-bond donors (Lipinski definition) is 0. The molecule has 0 aliphatic heterocycles. The molecule has 2 nitrogen and oxygen atoms in total. The molecule has 0 amide bonds. The standard InChI is InChI=1S/C14H23O2Si/c1-5-15-17(16-6-2)11-13-9-7-8-10-14(13)12(3)4/h7-10,12H,5-6,11H2,1-4H3. The van der Waals surface area contributed by atoms with Gasteiger partial charge in [0.2, 0.25) is 0 Å². The van der Waals surface area contributed by atoms with E-state index in [1.165, 1.54) is 11.1 Å². The van der Waals surface area contributed by atoms with Crippen molar-refractivity contribution in [2.45, 2.75) is 39.7 Å². The number of benzene rings is 1. The van der Waals surface area contributed by atoms with E-state index in [2.05, 4.69) is 38.1 Å². The molecule has 17 heavy (non-hydrogen) atoms. The van der Waals surface area contributed by atoms with Crippen molar-refractivity contribution in [3.05, 3.63) is 35.4 Å². The first-order valence-corrected chi connectivity index (χ1v) is 7.90. The van der Waals surface area contributed by atoms with Gasteiger partial charge in [-0.15, -0.1) is 0 Å². The zero-order valence-electron chi connectivity index (χ0n) is 11.3. The molecule has 1 aromatic rings. The Morgan fingerprint density at radius 1 is 1.06 bits per heavy atom. The second-order valence-electron chi connectivity index (χ2n) is 4.27. The third kappa shape index (κ3) is 4.62. The van der Waals surface area contributed by atoms with Crippen LogP contribution in [0.15, 0.2) is 24.3 Å². The van der Waals surface area contributed by atoms with Gasteiger partial charge in [0, 0.05) is 19.3 Å². The molecule has 1 rings (SSSR count). The molecule has 0 aliphatic carbocycles. The van der Waals surface area contributed by atoms with Crippen molar-refractivity contribution >= 4 is 9.28 Å². The fraction of sp³-hybridized carbons (Fsp3) is 0.571. The van der Waals surface area contributed by atoms with Crippen LogP contribution in [0.3, 0.4) is 0 Å². The first-order chi connectivity index (χ1) is 8.19. The lowest BCUT2D eigenvalue weighted by molar-refractivity contribution is 0.213. The smallest absolute Gasteiger partial charge is 0.389 e. The molecular formula is C14H23O2Si. The topological polar surface area (TPSA) is 18.5 Å². The van der Waals surface area contributed by atoms with Crippen LogP contribution in [0.1, 0.15) is 44.7 Å². The van der Waals surface area contributed by atoms with Crippen LogP contribution in [0.25, 0.3) is 0 Å². The third-order valence-electron chi connectivity index (χ3n) is 2.62. The molecule has 1 radical (unpaired) electrons. The molecule has 0 saturated heterocycles. The molecule has 0 saturated carbocycles. The van der Waals surface area contributed by atoms with Crippen molar-refractivity contribution in [3.63, 3.8) is 0 Å². The van der Waals surface area contributed by atoms with E-state index >= 15 is 0 Å². The van der Waals surface area contributed by atoms with Crippen molar-refractivity contribution in [1.82, 2.24) is 0 Å². The van der Waals surface area contributed by atoms with Gasteiger partial charge in [0.1, 0.15) is 0 Å². The van der Waals surface area contributed by atoms with Crippen LogP contribution < -0.4 is 0 Å². The highest BCUT2D eigenvalue weighted by Crippen LogP contribution is 2.20. The SMILES string of the molecule is CCO[Si](Cc1ccccc1C(C)C)OCC. The zero-order valence-corrected chi connectivity index (χ0v) is 12.3. The van der Waals surface area contributed by atoms with Crippen molar-refractivity contribution in [3.8, 4) is 0 Å². The highest BCUT2D eigenvalue weighted by molar-refractivity contribution is 6.43. The van der Waals surface area contributed by atoms with E-state index in [-0.39, 0.29) is 0 Å². The molecule has 0 heterocycles. The van der Waals surface area contributed by atoms with Crippen LogP contribution in [0.4, 0.5) is 0 Å². The molecule has 3 heteroatoms. The Labute approximate surface area is 107 Å². The summed E-state index contributed by atoms with van der Waals surface area (Å²) in [6.45, 7) is 9.98. The van der Waals surface area contributed by atoms with E-state index in [9.17, 15) is 0 Å². The van der Waals surface area contributed by atoms with E-state index in [1.54, 1.807) is 0 Å². The molecule has 95 valence electrons. The van der Waals surface area contributed by atoms with Crippen LogP contribution in [-0.4, -0.2) is 22.5 Å². The van der Waals surface area contributed by atoms with Crippen molar-refractivity contribution < 1.29 is 8.85 Å². The van der Waals surface area contributed by atoms with Crippen LogP contribution >= 0.6 is 0 Å². The molecule has 0 unspecified atom stereocenters. The number of rotatable bonds is 7.